The van der Waals surface area contributed by atoms with E-state index < -0.39 is 0 Å². The van der Waals surface area contributed by atoms with Gasteiger partial charge < -0.3 is 0 Å². The van der Waals surface area contributed by atoms with Crippen LogP contribution < -0.4 is 0 Å². The molecule has 5 heterocycles. The van der Waals surface area contributed by atoms with Gasteiger partial charge in [-0.15, -0.1) is 56.7 Å². The molecular formula is C40H40S5. The SMILES string of the molecule is CCCCCCc1ccc(-c2ccc(-c3cc4sc5cc(-c6ccc(-c7ccc(CCCCCC)cc7)s6)sc5c4s3)s2)cc1. The largest absolute Gasteiger partial charge is 0.134 e. The Hall–Kier alpha value is -2.54. The summed E-state index contributed by atoms with van der Waals surface area (Å²) in [5.74, 6) is 0. The van der Waals surface area contributed by atoms with Crippen molar-refractivity contribution in [3.8, 4) is 40.4 Å². The molecule has 0 aliphatic heterocycles. The molecule has 0 aliphatic rings. The van der Waals surface area contributed by atoms with Crippen LogP contribution in [-0.2, 0) is 12.8 Å². The van der Waals surface area contributed by atoms with E-state index >= 15 is 0 Å². The van der Waals surface area contributed by atoms with Gasteiger partial charge >= 0.3 is 0 Å². The lowest BCUT2D eigenvalue weighted by molar-refractivity contribution is 0.667. The van der Waals surface area contributed by atoms with Crippen molar-refractivity contribution in [1.82, 2.24) is 0 Å². The molecule has 0 saturated heterocycles. The summed E-state index contributed by atoms with van der Waals surface area (Å²) >= 11 is 9.73. The van der Waals surface area contributed by atoms with Gasteiger partial charge in [-0.05, 0) is 84.3 Å². The lowest BCUT2D eigenvalue weighted by Gasteiger charge is -2.03. The molecule has 0 spiro atoms. The van der Waals surface area contributed by atoms with Crippen molar-refractivity contribution in [2.24, 2.45) is 0 Å². The van der Waals surface area contributed by atoms with Crippen LogP contribution in [0.25, 0.3) is 59.2 Å². The first-order chi connectivity index (χ1) is 22.2. The Morgan fingerprint density at radius 2 is 0.800 bits per heavy atom. The van der Waals surface area contributed by atoms with Crippen LogP contribution in [-0.4, -0.2) is 0 Å². The van der Waals surface area contributed by atoms with Gasteiger partial charge in [0.15, 0.2) is 0 Å². The third-order valence-corrected chi connectivity index (χ3v) is 15.1. The predicted octanol–water partition coefficient (Wildman–Crippen LogP) is 15.2. The lowest BCUT2D eigenvalue weighted by atomic mass is 10.0. The molecule has 5 heteroatoms. The Labute approximate surface area is 288 Å². The van der Waals surface area contributed by atoms with Crippen molar-refractivity contribution in [1.29, 1.82) is 0 Å². The molecule has 0 radical (unpaired) electrons. The molecule has 7 aromatic rings. The zero-order valence-corrected chi connectivity index (χ0v) is 30.3. The molecule has 0 amide bonds. The van der Waals surface area contributed by atoms with Gasteiger partial charge in [-0.3, -0.25) is 0 Å². The molecule has 0 N–H and O–H groups in total. The van der Waals surface area contributed by atoms with Crippen LogP contribution in [0.2, 0.25) is 0 Å². The monoisotopic (exact) mass is 680 g/mol. The van der Waals surface area contributed by atoms with E-state index in [1.165, 1.54) is 135 Å². The van der Waals surface area contributed by atoms with Crippen LogP contribution in [0.5, 0.6) is 0 Å². The first-order valence-electron chi connectivity index (χ1n) is 16.5. The number of aryl methyl sites for hydroxylation is 2. The summed E-state index contributed by atoms with van der Waals surface area (Å²) < 4.78 is 5.75. The van der Waals surface area contributed by atoms with Crippen molar-refractivity contribution in [3.63, 3.8) is 0 Å². The molecular weight excluding hydrogens is 641 g/mol. The average molecular weight is 681 g/mol. The Morgan fingerprint density at radius 3 is 1.22 bits per heavy atom. The zero-order chi connectivity index (χ0) is 30.6. The van der Waals surface area contributed by atoms with Gasteiger partial charge in [-0.25, -0.2) is 0 Å². The standard InChI is InChI=1S/C40H40S5/c1-3-5-7-9-11-27-13-17-29(18-14-27)31-21-23-33(41-31)35-25-37-39(44-35)40-38(43-37)26-36(45-40)34-24-22-32(42-34)30-19-15-28(16-20-30)12-10-8-6-4-2/h13-26H,3-12H2,1-2H3. The van der Waals surface area contributed by atoms with Crippen molar-refractivity contribution < 1.29 is 0 Å². The van der Waals surface area contributed by atoms with Crippen molar-refractivity contribution in [2.75, 3.05) is 0 Å². The number of benzene rings is 2. The fourth-order valence-electron chi connectivity index (χ4n) is 6.01. The quantitative estimate of drug-likeness (QED) is 0.100. The number of hydrogen-bond acceptors (Lipinski definition) is 5. The summed E-state index contributed by atoms with van der Waals surface area (Å²) in [7, 11) is 0. The minimum atomic E-state index is 1.20. The fraction of sp³-hybridized carbons (Fsp3) is 0.300. The Bertz CT molecular complexity index is 1830. The van der Waals surface area contributed by atoms with Gasteiger partial charge in [-0.1, -0.05) is 101 Å². The highest BCUT2D eigenvalue weighted by atomic mass is 32.1. The van der Waals surface area contributed by atoms with Crippen LogP contribution in [0, 0.1) is 0 Å². The van der Waals surface area contributed by atoms with Gasteiger partial charge in [0.1, 0.15) is 0 Å². The van der Waals surface area contributed by atoms with Crippen molar-refractivity contribution in [2.45, 2.75) is 78.1 Å². The number of unbranched alkanes of at least 4 members (excludes halogenated alkanes) is 6. The van der Waals surface area contributed by atoms with Crippen molar-refractivity contribution in [3.05, 3.63) is 96.1 Å². The predicted molar refractivity (Wildman–Crippen MR) is 208 cm³/mol. The second-order valence-electron chi connectivity index (χ2n) is 12.1. The molecule has 0 atom stereocenters. The van der Waals surface area contributed by atoms with E-state index in [0.717, 1.165) is 0 Å². The molecule has 5 aromatic heterocycles. The van der Waals surface area contributed by atoms with Gasteiger partial charge in [0.05, 0.1) is 9.40 Å². The van der Waals surface area contributed by atoms with Gasteiger partial charge in [0.2, 0.25) is 0 Å². The number of rotatable bonds is 14. The molecule has 0 nitrogen and oxygen atoms in total. The minimum Gasteiger partial charge on any atom is -0.134 e. The Balaban J connectivity index is 1.04. The van der Waals surface area contributed by atoms with Crippen LogP contribution in [0.4, 0.5) is 0 Å². The Morgan fingerprint density at radius 1 is 0.378 bits per heavy atom. The maximum atomic E-state index is 2.42. The first-order valence-corrected chi connectivity index (χ1v) is 20.6. The maximum Gasteiger partial charge on any atom is 0.0636 e. The van der Waals surface area contributed by atoms with Crippen LogP contribution in [0.3, 0.4) is 0 Å². The fourth-order valence-corrected chi connectivity index (χ4v) is 12.2. The highest BCUT2D eigenvalue weighted by Gasteiger charge is 2.17. The summed E-state index contributed by atoms with van der Waals surface area (Å²) in [6.07, 6.45) is 13.0. The third kappa shape index (κ3) is 7.08. The van der Waals surface area contributed by atoms with Gasteiger partial charge in [-0.2, -0.15) is 0 Å². The topological polar surface area (TPSA) is 0 Å². The Kier molecular flexibility index (Phi) is 10.0. The maximum absolute atomic E-state index is 2.42. The van der Waals surface area contributed by atoms with Gasteiger partial charge in [0, 0.05) is 38.7 Å². The normalized spacial score (nSPS) is 11.8. The zero-order valence-electron chi connectivity index (χ0n) is 26.2. The molecule has 7 rings (SSSR count). The molecule has 0 bridgehead atoms. The average Bonchev–Trinajstić information content (AvgIpc) is 3.89. The van der Waals surface area contributed by atoms with Crippen LogP contribution in [0.1, 0.15) is 76.3 Å². The second kappa shape index (κ2) is 14.5. The van der Waals surface area contributed by atoms with Crippen LogP contribution >= 0.6 is 56.7 Å². The summed E-state index contributed by atoms with van der Waals surface area (Å²) in [5, 5.41) is 0. The smallest absolute Gasteiger partial charge is 0.0636 e. The van der Waals surface area contributed by atoms with E-state index in [4.69, 9.17) is 0 Å². The molecule has 2 aromatic carbocycles. The highest BCUT2D eigenvalue weighted by molar-refractivity contribution is 7.41. The lowest BCUT2D eigenvalue weighted by Crippen LogP contribution is -1.85. The molecule has 0 aliphatic carbocycles. The number of thiophene rings is 5. The number of fused-ring (bicyclic) bond motifs is 3. The summed E-state index contributed by atoms with van der Waals surface area (Å²) in [6, 6.07) is 32.7. The van der Waals surface area contributed by atoms with E-state index in [9.17, 15) is 0 Å². The second-order valence-corrected chi connectivity index (χ2v) is 17.4. The molecule has 0 unspecified atom stereocenters. The number of hydrogen-bond donors (Lipinski definition) is 0. The third-order valence-electron chi connectivity index (χ3n) is 8.63. The van der Waals surface area contributed by atoms with E-state index in [-0.39, 0.29) is 0 Å². The van der Waals surface area contributed by atoms with Gasteiger partial charge in [0.25, 0.3) is 0 Å². The van der Waals surface area contributed by atoms with E-state index in [0.29, 0.717) is 0 Å². The van der Waals surface area contributed by atoms with E-state index in [1.54, 1.807) is 0 Å². The molecule has 45 heavy (non-hydrogen) atoms. The van der Waals surface area contributed by atoms with Crippen molar-refractivity contribution >= 4 is 75.5 Å². The molecule has 230 valence electrons. The van der Waals surface area contributed by atoms with E-state index in [2.05, 4.69) is 98.8 Å². The molecule has 0 fully saturated rings. The minimum absolute atomic E-state index is 1.20. The summed E-state index contributed by atoms with van der Waals surface area (Å²) in [6.45, 7) is 4.55. The van der Waals surface area contributed by atoms with E-state index in [1.807, 2.05) is 56.7 Å². The molecule has 0 saturated carbocycles. The summed E-state index contributed by atoms with van der Waals surface area (Å²) in [5.41, 5.74) is 5.59. The first kappa shape index (κ1) is 31.1. The van der Waals surface area contributed by atoms with Crippen LogP contribution in [0.15, 0.2) is 84.9 Å². The summed E-state index contributed by atoms with van der Waals surface area (Å²) in [4.78, 5) is 8.26. The highest BCUT2D eigenvalue weighted by Crippen LogP contribution is 2.50.